The number of epoxide rings is 1. The summed E-state index contributed by atoms with van der Waals surface area (Å²) in [6.45, 7) is 6.20. The second kappa shape index (κ2) is 6.70. The Labute approximate surface area is 165 Å². The van der Waals surface area contributed by atoms with Gasteiger partial charge in [-0.3, -0.25) is 9.59 Å². The molecule has 3 fully saturated rings. The number of Topliss-reactive ketones (excluding diaryl/α,β-unsaturated/α-hetero) is 1. The van der Waals surface area contributed by atoms with Gasteiger partial charge in [-0.2, -0.15) is 0 Å². The zero-order valence-corrected chi connectivity index (χ0v) is 16.9. The molecule has 6 unspecified atom stereocenters. The van der Waals surface area contributed by atoms with Gasteiger partial charge in [-0.25, -0.2) is 0 Å². The van der Waals surface area contributed by atoms with Crippen LogP contribution in [0.4, 0.5) is 0 Å². The van der Waals surface area contributed by atoms with Crippen LogP contribution < -0.4 is 0 Å². The third-order valence-electron chi connectivity index (χ3n) is 7.96. The number of carbonyl (C=O) groups is 2. The first-order valence-corrected chi connectivity index (χ1v) is 10.2. The molecule has 154 valence electrons. The number of aliphatic hydroxyl groups excluding tert-OH is 1. The fourth-order valence-corrected chi connectivity index (χ4v) is 6.08. The lowest BCUT2D eigenvalue weighted by Crippen LogP contribution is -2.69. The lowest BCUT2D eigenvalue weighted by Gasteiger charge is -2.61. The zero-order valence-electron chi connectivity index (χ0n) is 16.9. The molecule has 0 bridgehead atoms. The molecule has 2 heterocycles. The third kappa shape index (κ3) is 2.76. The van der Waals surface area contributed by atoms with E-state index in [9.17, 15) is 14.7 Å². The second-order valence-electron chi connectivity index (χ2n) is 9.29. The summed E-state index contributed by atoms with van der Waals surface area (Å²) in [6, 6.07) is 1.95. The van der Waals surface area contributed by atoms with E-state index in [0.717, 1.165) is 18.4 Å². The Kier molecular flexibility index (Phi) is 4.70. The first-order chi connectivity index (χ1) is 13.3. The van der Waals surface area contributed by atoms with Crippen LogP contribution in [0, 0.1) is 22.7 Å². The topological polar surface area (TPSA) is 89.3 Å². The van der Waals surface area contributed by atoms with Gasteiger partial charge in [0.05, 0.1) is 30.7 Å². The number of rotatable bonds is 5. The van der Waals surface area contributed by atoms with Crippen molar-refractivity contribution >= 4 is 11.8 Å². The van der Waals surface area contributed by atoms with Crippen LogP contribution in [0.5, 0.6) is 0 Å². The van der Waals surface area contributed by atoms with Crippen LogP contribution in [0.15, 0.2) is 23.0 Å². The fraction of sp³-hybridized carbons (Fsp3) is 0.727. The number of carbonyl (C=O) groups excluding carboxylic acids is 2. The summed E-state index contributed by atoms with van der Waals surface area (Å²) in [6.07, 6.45) is 5.88. The number of aryl methyl sites for hydroxylation is 1. The van der Waals surface area contributed by atoms with Gasteiger partial charge in [-0.05, 0) is 48.6 Å². The van der Waals surface area contributed by atoms with Crippen molar-refractivity contribution in [2.45, 2.75) is 64.6 Å². The molecular formula is C22H30O6. The number of fused-ring (bicyclic) bond motifs is 2. The Morgan fingerprint density at radius 2 is 2.18 bits per heavy atom. The van der Waals surface area contributed by atoms with Gasteiger partial charge in [-0.15, -0.1) is 0 Å². The molecule has 1 aromatic rings. The summed E-state index contributed by atoms with van der Waals surface area (Å²) in [5.41, 5.74) is -0.651. The maximum Gasteiger partial charge on any atom is 0.302 e. The lowest BCUT2D eigenvalue weighted by molar-refractivity contribution is -0.214. The average molecular weight is 390 g/mol. The van der Waals surface area contributed by atoms with Gasteiger partial charge in [0, 0.05) is 19.3 Å². The number of hydrogen-bond acceptors (Lipinski definition) is 6. The number of esters is 1. The summed E-state index contributed by atoms with van der Waals surface area (Å²) in [7, 11) is 0. The molecule has 6 heteroatoms. The minimum absolute atomic E-state index is 0.0356. The van der Waals surface area contributed by atoms with Crippen molar-refractivity contribution in [3.8, 4) is 0 Å². The van der Waals surface area contributed by atoms with Crippen molar-refractivity contribution in [1.29, 1.82) is 0 Å². The number of ether oxygens (including phenoxy) is 2. The highest BCUT2D eigenvalue weighted by atomic mass is 16.6. The normalized spacial score (nSPS) is 42.3. The summed E-state index contributed by atoms with van der Waals surface area (Å²) < 4.78 is 16.6. The zero-order chi connectivity index (χ0) is 20.2. The molecule has 2 saturated carbocycles. The summed E-state index contributed by atoms with van der Waals surface area (Å²) in [5, 5.41) is 11.3. The van der Waals surface area contributed by atoms with Crippen molar-refractivity contribution in [3.05, 3.63) is 24.2 Å². The highest BCUT2D eigenvalue weighted by Gasteiger charge is 2.75. The van der Waals surface area contributed by atoms with E-state index in [1.165, 1.54) is 6.92 Å². The Morgan fingerprint density at radius 1 is 1.43 bits per heavy atom. The molecule has 1 aromatic heterocycles. The first kappa shape index (κ1) is 19.6. The monoisotopic (exact) mass is 390 g/mol. The Bertz CT molecular complexity index is 751. The molecule has 6 nitrogen and oxygen atoms in total. The molecular weight excluding hydrogens is 360 g/mol. The molecule has 0 amide bonds. The number of aliphatic hydroxyl groups is 1. The van der Waals surface area contributed by atoms with E-state index in [1.54, 1.807) is 12.5 Å². The Morgan fingerprint density at radius 3 is 2.79 bits per heavy atom. The predicted octanol–water partition coefficient (Wildman–Crippen LogP) is 2.92. The molecule has 1 aliphatic heterocycles. The molecule has 6 atom stereocenters. The quantitative estimate of drug-likeness (QED) is 0.614. The van der Waals surface area contributed by atoms with Gasteiger partial charge < -0.3 is 19.0 Å². The lowest BCUT2D eigenvalue weighted by atomic mass is 9.42. The highest BCUT2D eigenvalue weighted by Crippen LogP contribution is 2.67. The second-order valence-corrected chi connectivity index (χ2v) is 9.29. The van der Waals surface area contributed by atoms with E-state index >= 15 is 0 Å². The number of ketones is 1. The smallest absolute Gasteiger partial charge is 0.302 e. The van der Waals surface area contributed by atoms with Crippen LogP contribution in [0.25, 0.3) is 0 Å². The van der Waals surface area contributed by atoms with Gasteiger partial charge in [0.2, 0.25) is 0 Å². The average Bonchev–Trinajstić information content (AvgIpc) is 3.23. The predicted molar refractivity (Wildman–Crippen MR) is 100 cm³/mol. The molecule has 2 aliphatic carbocycles. The largest absolute Gasteiger partial charge is 0.472 e. The van der Waals surface area contributed by atoms with Crippen molar-refractivity contribution in [2.24, 2.45) is 22.7 Å². The summed E-state index contributed by atoms with van der Waals surface area (Å²) >= 11 is 0. The number of hydrogen-bond donors (Lipinski definition) is 1. The van der Waals surface area contributed by atoms with E-state index < -0.39 is 29.0 Å². The van der Waals surface area contributed by atoms with Crippen LogP contribution in [0.1, 0.15) is 52.0 Å². The maximum atomic E-state index is 13.3. The van der Waals surface area contributed by atoms with Crippen LogP contribution in [0.2, 0.25) is 0 Å². The minimum Gasteiger partial charge on any atom is -0.472 e. The minimum atomic E-state index is -0.869. The number of furan rings is 1. The Balaban J connectivity index is 1.74. The third-order valence-corrected chi connectivity index (χ3v) is 7.96. The van der Waals surface area contributed by atoms with Gasteiger partial charge in [0.25, 0.3) is 0 Å². The standard InChI is InChI=1S/C22H30O6/c1-14-10-18(25)22(13-27-15(2)23)19(17(24)5-8-21(22)12-28-21)20(14,3)7-4-16-6-9-26-11-16/h6,9,11,14,18-19,25H,4-5,7-8,10,12-13H2,1-3H3. The molecule has 3 aliphatic rings. The van der Waals surface area contributed by atoms with Crippen molar-refractivity contribution < 1.29 is 28.6 Å². The Hall–Kier alpha value is -1.66. The fourth-order valence-electron chi connectivity index (χ4n) is 6.08. The molecule has 4 rings (SSSR count). The molecule has 0 radical (unpaired) electrons. The van der Waals surface area contributed by atoms with Gasteiger partial charge in [0.1, 0.15) is 18.0 Å². The van der Waals surface area contributed by atoms with E-state index in [4.69, 9.17) is 13.9 Å². The summed E-state index contributed by atoms with van der Waals surface area (Å²) in [4.78, 5) is 25.0. The van der Waals surface area contributed by atoms with Crippen molar-refractivity contribution in [2.75, 3.05) is 13.2 Å². The van der Waals surface area contributed by atoms with Gasteiger partial charge in [-0.1, -0.05) is 13.8 Å². The van der Waals surface area contributed by atoms with Crippen LogP contribution in [-0.4, -0.2) is 41.8 Å². The maximum absolute atomic E-state index is 13.3. The van der Waals surface area contributed by atoms with E-state index in [-0.39, 0.29) is 23.7 Å². The van der Waals surface area contributed by atoms with Gasteiger partial charge in [0.15, 0.2) is 0 Å². The van der Waals surface area contributed by atoms with Crippen LogP contribution >= 0.6 is 0 Å². The molecule has 0 aromatic carbocycles. The van der Waals surface area contributed by atoms with Gasteiger partial charge >= 0.3 is 5.97 Å². The van der Waals surface area contributed by atoms with Crippen LogP contribution in [-0.2, 0) is 25.5 Å². The van der Waals surface area contributed by atoms with E-state index in [2.05, 4.69) is 13.8 Å². The first-order valence-electron chi connectivity index (χ1n) is 10.2. The SMILES string of the molecule is CC(=O)OCC12C(O)CC(C)C(C)(CCc3ccoc3)C1C(=O)CCC21CO1. The molecule has 1 spiro atoms. The van der Waals surface area contributed by atoms with Crippen molar-refractivity contribution in [1.82, 2.24) is 0 Å². The van der Waals surface area contributed by atoms with E-state index in [1.807, 2.05) is 6.07 Å². The van der Waals surface area contributed by atoms with E-state index in [0.29, 0.717) is 25.9 Å². The summed E-state index contributed by atoms with van der Waals surface area (Å²) in [5.74, 6) is -0.481. The molecule has 1 saturated heterocycles. The van der Waals surface area contributed by atoms with Crippen molar-refractivity contribution in [3.63, 3.8) is 0 Å². The highest BCUT2D eigenvalue weighted by molar-refractivity contribution is 5.85. The van der Waals surface area contributed by atoms with Crippen LogP contribution in [0.3, 0.4) is 0 Å². The molecule has 28 heavy (non-hydrogen) atoms. The molecule has 1 N–H and O–H groups in total.